The first kappa shape index (κ1) is 12.2. The Morgan fingerprint density at radius 2 is 2.13 bits per heavy atom. The molecular weight excluding hydrogens is 214 g/mol. The summed E-state index contributed by atoms with van der Waals surface area (Å²) in [6.07, 6.45) is 1.56. The summed E-state index contributed by atoms with van der Waals surface area (Å²) in [6, 6.07) is -0.123. The van der Waals surface area contributed by atoms with Gasteiger partial charge >= 0.3 is 0 Å². The van der Waals surface area contributed by atoms with Crippen molar-refractivity contribution in [2.45, 2.75) is 45.3 Å². The van der Waals surface area contributed by atoms with Crippen LogP contribution in [0.4, 0.5) is 0 Å². The monoisotopic (exact) mass is 231 g/mol. The Morgan fingerprint density at radius 3 is 2.53 bits per heavy atom. The Balaban J connectivity index is 3.05. The van der Waals surface area contributed by atoms with E-state index in [0.29, 0.717) is 5.82 Å². The highest BCUT2D eigenvalue weighted by Crippen LogP contribution is 2.09. The average Bonchev–Trinajstić information content (AvgIpc) is 2.45. The molecule has 1 aromatic rings. The summed E-state index contributed by atoms with van der Waals surface area (Å²) in [5.74, 6) is 0.710. The van der Waals surface area contributed by atoms with Crippen molar-refractivity contribution in [3.05, 3.63) is 12.0 Å². The van der Waals surface area contributed by atoms with Crippen molar-refractivity contribution in [2.24, 2.45) is 0 Å². The molecule has 0 aliphatic rings. The summed E-state index contributed by atoms with van der Waals surface area (Å²) >= 11 is 0. The zero-order valence-electron chi connectivity index (χ0n) is 9.48. The molecule has 0 aliphatic heterocycles. The molecule has 5 nitrogen and oxygen atoms in total. The van der Waals surface area contributed by atoms with E-state index < -0.39 is 10.0 Å². The van der Waals surface area contributed by atoms with Crippen LogP contribution in [0.1, 0.15) is 26.6 Å². The van der Waals surface area contributed by atoms with Gasteiger partial charge in [-0.1, -0.05) is 0 Å². The molecule has 0 bridgehead atoms. The van der Waals surface area contributed by atoms with Gasteiger partial charge in [-0.15, -0.1) is 0 Å². The molecule has 0 atom stereocenters. The zero-order valence-corrected chi connectivity index (χ0v) is 10.3. The van der Waals surface area contributed by atoms with Crippen molar-refractivity contribution >= 4 is 10.0 Å². The number of hydrogen-bond acceptors (Lipinski definition) is 3. The first-order chi connectivity index (χ1) is 6.86. The van der Waals surface area contributed by atoms with Crippen molar-refractivity contribution in [3.8, 4) is 0 Å². The fraction of sp³-hybridized carbons (Fsp3) is 0.667. The third kappa shape index (κ3) is 2.79. The highest BCUT2D eigenvalue weighted by molar-refractivity contribution is 7.89. The summed E-state index contributed by atoms with van der Waals surface area (Å²) in [4.78, 5) is 4.02. The summed E-state index contributed by atoms with van der Waals surface area (Å²) in [5.41, 5.74) is 0. The lowest BCUT2D eigenvalue weighted by Gasteiger charge is -2.06. The second-order valence-electron chi connectivity index (χ2n) is 3.69. The maximum absolute atomic E-state index is 11.7. The Labute approximate surface area is 90.6 Å². The molecule has 1 heterocycles. The van der Waals surface area contributed by atoms with E-state index in [4.69, 9.17) is 0 Å². The van der Waals surface area contributed by atoms with Gasteiger partial charge in [-0.2, -0.15) is 0 Å². The van der Waals surface area contributed by atoms with Crippen LogP contribution in [0.2, 0.25) is 0 Å². The highest BCUT2D eigenvalue weighted by atomic mass is 32.2. The minimum atomic E-state index is -3.45. The number of hydrogen-bond donors (Lipinski definition) is 1. The van der Waals surface area contributed by atoms with Crippen LogP contribution in [-0.2, 0) is 16.6 Å². The van der Waals surface area contributed by atoms with Gasteiger partial charge in [0.25, 0.3) is 10.0 Å². The Bertz CT molecular complexity index is 434. The molecule has 0 saturated carbocycles. The number of rotatable bonds is 4. The molecule has 0 spiro atoms. The number of aryl methyl sites for hydroxylation is 2. The number of sulfonamides is 1. The maximum Gasteiger partial charge on any atom is 0.259 e. The van der Waals surface area contributed by atoms with Crippen LogP contribution in [-0.4, -0.2) is 24.0 Å². The zero-order chi connectivity index (χ0) is 11.6. The van der Waals surface area contributed by atoms with E-state index in [1.54, 1.807) is 31.5 Å². The van der Waals surface area contributed by atoms with Crippen LogP contribution in [0, 0.1) is 6.92 Å². The van der Waals surface area contributed by atoms with Gasteiger partial charge in [-0.3, -0.25) is 0 Å². The number of nitrogens with one attached hydrogen (secondary N) is 1. The highest BCUT2D eigenvalue weighted by Gasteiger charge is 2.19. The SMILES string of the molecule is CCn1cc(S(=O)(=O)NC(C)C)nc1C. The predicted molar refractivity (Wildman–Crippen MR) is 58.1 cm³/mol. The molecule has 1 aromatic heterocycles. The van der Waals surface area contributed by atoms with Gasteiger partial charge in [-0.25, -0.2) is 18.1 Å². The average molecular weight is 231 g/mol. The van der Waals surface area contributed by atoms with E-state index in [1.165, 1.54) is 0 Å². The number of nitrogens with zero attached hydrogens (tertiary/aromatic N) is 2. The molecular formula is C9H17N3O2S. The van der Waals surface area contributed by atoms with Gasteiger partial charge in [0.1, 0.15) is 5.82 Å². The molecule has 0 radical (unpaired) electrons. The molecule has 15 heavy (non-hydrogen) atoms. The third-order valence-corrected chi connectivity index (χ3v) is 3.49. The second kappa shape index (κ2) is 4.32. The fourth-order valence-electron chi connectivity index (χ4n) is 1.30. The van der Waals surface area contributed by atoms with E-state index in [2.05, 4.69) is 9.71 Å². The van der Waals surface area contributed by atoms with E-state index in [9.17, 15) is 8.42 Å². The Morgan fingerprint density at radius 1 is 1.53 bits per heavy atom. The topological polar surface area (TPSA) is 64.0 Å². The smallest absolute Gasteiger partial charge is 0.259 e. The normalized spacial score (nSPS) is 12.3. The fourth-order valence-corrected chi connectivity index (χ4v) is 2.56. The first-order valence-corrected chi connectivity index (χ1v) is 6.41. The van der Waals surface area contributed by atoms with Crippen LogP contribution in [0.15, 0.2) is 11.2 Å². The van der Waals surface area contributed by atoms with Gasteiger partial charge in [0.2, 0.25) is 0 Å². The van der Waals surface area contributed by atoms with Gasteiger partial charge in [0.05, 0.1) is 0 Å². The van der Waals surface area contributed by atoms with Gasteiger partial charge < -0.3 is 4.57 Å². The summed E-state index contributed by atoms with van der Waals surface area (Å²) in [7, 11) is -3.45. The van der Waals surface area contributed by atoms with E-state index in [0.717, 1.165) is 6.54 Å². The van der Waals surface area contributed by atoms with Crippen LogP contribution in [0.25, 0.3) is 0 Å². The Hall–Kier alpha value is -0.880. The second-order valence-corrected chi connectivity index (χ2v) is 5.35. The van der Waals surface area contributed by atoms with Crippen molar-refractivity contribution in [1.29, 1.82) is 0 Å². The molecule has 6 heteroatoms. The van der Waals surface area contributed by atoms with Crippen molar-refractivity contribution in [2.75, 3.05) is 0 Å². The maximum atomic E-state index is 11.7. The van der Waals surface area contributed by atoms with Crippen LogP contribution < -0.4 is 4.72 Å². The quantitative estimate of drug-likeness (QED) is 0.837. The Kier molecular flexibility index (Phi) is 3.51. The molecule has 86 valence electrons. The lowest BCUT2D eigenvalue weighted by Crippen LogP contribution is -2.30. The largest absolute Gasteiger partial charge is 0.334 e. The summed E-state index contributed by atoms with van der Waals surface area (Å²) in [5, 5.41) is 0.0931. The molecule has 1 rings (SSSR count). The summed E-state index contributed by atoms with van der Waals surface area (Å²) in [6.45, 7) is 8.01. The molecule has 0 saturated heterocycles. The molecule has 0 unspecified atom stereocenters. The van der Waals surface area contributed by atoms with E-state index in [-0.39, 0.29) is 11.1 Å². The molecule has 1 N–H and O–H groups in total. The first-order valence-electron chi connectivity index (χ1n) is 4.93. The molecule has 0 amide bonds. The lowest BCUT2D eigenvalue weighted by molar-refractivity contribution is 0.566. The van der Waals surface area contributed by atoms with Gasteiger partial charge in [-0.05, 0) is 27.7 Å². The van der Waals surface area contributed by atoms with Crippen molar-refractivity contribution in [3.63, 3.8) is 0 Å². The minimum Gasteiger partial charge on any atom is -0.334 e. The van der Waals surface area contributed by atoms with Gasteiger partial charge in [0.15, 0.2) is 5.03 Å². The lowest BCUT2D eigenvalue weighted by atomic mass is 10.4. The summed E-state index contributed by atoms with van der Waals surface area (Å²) < 4.78 is 27.8. The van der Waals surface area contributed by atoms with Gasteiger partial charge in [0, 0.05) is 18.8 Å². The van der Waals surface area contributed by atoms with Crippen molar-refractivity contribution < 1.29 is 8.42 Å². The van der Waals surface area contributed by atoms with E-state index in [1.807, 2.05) is 6.92 Å². The van der Waals surface area contributed by atoms with Crippen LogP contribution in [0.3, 0.4) is 0 Å². The third-order valence-electron chi connectivity index (χ3n) is 1.96. The minimum absolute atomic E-state index is 0.0931. The number of imidazole rings is 1. The van der Waals surface area contributed by atoms with Crippen molar-refractivity contribution in [1.82, 2.24) is 14.3 Å². The number of aromatic nitrogens is 2. The van der Waals surface area contributed by atoms with Crippen LogP contribution >= 0.6 is 0 Å². The van der Waals surface area contributed by atoms with Crippen LogP contribution in [0.5, 0.6) is 0 Å². The molecule has 0 aliphatic carbocycles. The van der Waals surface area contributed by atoms with E-state index >= 15 is 0 Å². The molecule has 0 aromatic carbocycles. The predicted octanol–water partition coefficient (Wildman–Crippen LogP) is 0.898. The standard InChI is InChI=1S/C9H17N3O2S/c1-5-12-6-9(10-8(12)4)15(13,14)11-7(2)3/h6-7,11H,5H2,1-4H3. The molecule has 0 fully saturated rings.